The van der Waals surface area contributed by atoms with Gasteiger partial charge in [0.1, 0.15) is 5.82 Å². The van der Waals surface area contributed by atoms with Crippen molar-refractivity contribution >= 4 is 5.82 Å². The lowest BCUT2D eigenvalue weighted by atomic mass is 10.1. The van der Waals surface area contributed by atoms with Crippen molar-refractivity contribution in [2.45, 2.75) is 31.8 Å². The Morgan fingerprint density at radius 1 is 1.47 bits per heavy atom. The van der Waals surface area contributed by atoms with Gasteiger partial charge in [0.2, 0.25) is 0 Å². The lowest BCUT2D eigenvalue weighted by Crippen LogP contribution is -2.38. The molecule has 1 aliphatic heterocycles. The van der Waals surface area contributed by atoms with Crippen LogP contribution in [0.3, 0.4) is 0 Å². The first kappa shape index (κ1) is 12.3. The van der Waals surface area contributed by atoms with Crippen molar-refractivity contribution in [1.82, 2.24) is 4.98 Å². The molecule has 1 fully saturated rings. The predicted octanol–water partition coefficient (Wildman–Crippen LogP) is 1.72. The van der Waals surface area contributed by atoms with Gasteiger partial charge in [0, 0.05) is 44.1 Å². The van der Waals surface area contributed by atoms with E-state index in [0.29, 0.717) is 6.04 Å². The molecule has 4 nitrogen and oxygen atoms in total. The highest BCUT2D eigenvalue weighted by Crippen LogP contribution is 2.25. The number of nitrogens with zero attached hydrogens (tertiary/aromatic N) is 2. The second kappa shape index (κ2) is 5.47. The molecule has 0 unspecified atom stereocenters. The van der Waals surface area contributed by atoms with E-state index in [0.717, 1.165) is 37.4 Å². The van der Waals surface area contributed by atoms with Crippen LogP contribution in [0.15, 0.2) is 18.3 Å². The maximum absolute atomic E-state index is 5.99. The summed E-state index contributed by atoms with van der Waals surface area (Å²) in [5, 5.41) is 0. The van der Waals surface area contributed by atoms with Crippen LogP contribution in [-0.2, 0) is 4.74 Å². The zero-order chi connectivity index (χ0) is 12.3. The minimum absolute atomic E-state index is 0.0148. The van der Waals surface area contributed by atoms with Gasteiger partial charge in [0.05, 0.1) is 0 Å². The van der Waals surface area contributed by atoms with Crippen LogP contribution in [0.2, 0.25) is 0 Å². The number of anilines is 1. The Bertz CT molecular complexity index is 361. The van der Waals surface area contributed by atoms with Gasteiger partial charge in [-0.05, 0) is 25.8 Å². The number of rotatable bonds is 3. The first-order valence-corrected chi connectivity index (χ1v) is 6.21. The summed E-state index contributed by atoms with van der Waals surface area (Å²) in [7, 11) is 2.10. The van der Waals surface area contributed by atoms with Crippen molar-refractivity contribution in [3.63, 3.8) is 0 Å². The third-order valence-corrected chi connectivity index (χ3v) is 3.38. The average molecular weight is 235 g/mol. The van der Waals surface area contributed by atoms with E-state index in [4.69, 9.17) is 10.5 Å². The van der Waals surface area contributed by atoms with Crippen molar-refractivity contribution in [2.24, 2.45) is 5.73 Å². The molecule has 17 heavy (non-hydrogen) atoms. The molecule has 0 aliphatic carbocycles. The maximum Gasteiger partial charge on any atom is 0.133 e. The molecule has 1 atom stereocenters. The molecule has 0 radical (unpaired) electrons. The van der Waals surface area contributed by atoms with E-state index in [2.05, 4.69) is 23.0 Å². The van der Waals surface area contributed by atoms with Gasteiger partial charge >= 0.3 is 0 Å². The van der Waals surface area contributed by atoms with E-state index in [1.165, 1.54) is 0 Å². The van der Waals surface area contributed by atoms with Gasteiger partial charge < -0.3 is 15.4 Å². The molecular weight excluding hydrogens is 214 g/mol. The molecule has 0 aromatic carbocycles. The van der Waals surface area contributed by atoms with E-state index in [-0.39, 0.29) is 6.04 Å². The zero-order valence-corrected chi connectivity index (χ0v) is 10.6. The van der Waals surface area contributed by atoms with Crippen LogP contribution in [0.1, 0.15) is 31.4 Å². The number of nitrogens with two attached hydrogens (primary N) is 1. The van der Waals surface area contributed by atoms with Crippen molar-refractivity contribution in [3.05, 3.63) is 23.9 Å². The van der Waals surface area contributed by atoms with Crippen LogP contribution in [0.4, 0.5) is 5.82 Å². The monoisotopic (exact) mass is 235 g/mol. The molecule has 2 rings (SSSR count). The van der Waals surface area contributed by atoms with E-state index in [9.17, 15) is 0 Å². The molecule has 1 aliphatic rings. The second-order valence-corrected chi connectivity index (χ2v) is 4.66. The topological polar surface area (TPSA) is 51.4 Å². The predicted molar refractivity (Wildman–Crippen MR) is 69.1 cm³/mol. The first-order valence-electron chi connectivity index (χ1n) is 6.21. The van der Waals surface area contributed by atoms with E-state index < -0.39 is 0 Å². The molecule has 0 spiro atoms. The summed E-state index contributed by atoms with van der Waals surface area (Å²) in [5.74, 6) is 1.01. The molecule has 1 saturated heterocycles. The average Bonchev–Trinajstić information content (AvgIpc) is 2.39. The van der Waals surface area contributed by atoms with Crippen molar-refractivity contribution in [2.75, 3.05) is 25.2 Å². The molecule has 2 heterocycles. The quantitative estimate of drug-likeness (QED) is 0.866. The Morgan fingerprint density at radius 2 is 2.18 bits per heavy atom. The van der Waals surface area contributed by atoms with Crippen LogP contribution < -0.4 is 10.6 Å². The fourth-order valence-electron chi connectivity index (χ4n) is 2.30. The molecule has 0 saturated carbocycles. The third-order valence-electron chi connectivity index (χ3n) is 3.38. The van der Waals surface area contributed by atoms with Crippen molar-refractivity contribution < 1.29 is 4.74 Å². The molecular formula is C13H21N3O. The second-order valence-electron chi connectivity index (χ2n) is 4.66. The molecule has 0 amide bonds. The van der Waals surface area contributed by atoms with Gasteiger partial charge in [0.25, 0.3) is 0 Å². The fourth-order valence-corrected chi connectivity index (χ4v) is 2.30. The summed E-state index contributed by atoms with van der Waals surface area (Å²) >= 11 is 0. The van der Waals surface area contributed by atoms with Crippen LogP contribution in [0, 0.1) is 0 Å². The number of ether oxygens (including phenoxy) is 1. The maximum atomic E-state index is 5.99. The standard InChI is InChI=1S/C13H21N3O/c1-10(14)12-4-3-7-15-13(12)16(2)11-5-8-17-9-6-11/h3-4,7,10-11H,5-6,8-9,14H2,1-2H3/t10-/m0/s1. The number of hydrogen-bond acceptors (Lipinski definition) is 4. The van der Waals surface area contributed by atoms with Gasteiger partial charge in [-0.25, -0.2) is 4.98 Å². The van der Waals surface area contributed by atoms with Crippen LogP contribution in [0.25, 0.3) is 0 Å². The highest BCUT2D eigenvalue weighted by atomic mass is 16.5. The highest BCUT2D eigenvalue weighted by Gasteiger charge is 2.22. The zero-order valence-electron chi connectivity index (χ0n) is 10.6. The van der Waals surface area contributed by atoms with E-state index in [1.807, 2.05) is 19.2 Å². The molecule has 0 bridgehead atoms. The minimum atomic E-state index is 0.0148. The summed E-state index contributed by atoms with van der Waals surface area (Å²) in [4.78, 5) is 6.73. The van der Waals surface area contributed by atoms with Gasteiger partial charge in [0.15, 0.2) is 0 Å². The van der Waals surface area contributed by atoms with Gasteiger partial charge in [-0.1, -0.05) is 6.07 Å². The van der Waals surface area contributed by atoms with E-state index >= 15 is 0 Å². The van der Waals surface area contributed by atoms with Crippen LogP contribution in [-0.4, -0.2) is 31.3 Å². The summed E-state index contributed by atoms with van der Waals surface area (Å²) in [6, 6.07) is 4.53. The fraction of sp³-hybridized carbons (Fsp3) is 0.615. The first-order chi connectivity index (χ1) is 8.20. The number of pyridine rings is 1. The third kappa shape index (κ3) is 2.76. The molecule has 2 N–H and O–H groups in total. The summed E-state index contributed by atoms with van der Waals surface area (Å²) < 4.78 is 5.39. The van der Waals surface area contributed by atoms with Crippen molar-refractivity contribution in [1.29, 1.82) is 0 Å². The summed E-state index contributed by atoms with van der Waals surface area (Å²) in [6.45, 7) is 3.68. The van der Waals surface area contributed by atoms with Crippen LogP contribution >= 0.6 is 0 Å². The minimum Gasteiger partial charge on any atom is -0.381 e. The van der Waals surface area contributed by atoms with E-state index in [1.54, 1.807) is 0 Å². The van der Waals surface area contributed by atoms with Crippen molar-refractivity contribution in [3.8, 4) is 0 Å². The summed E-state index contributed by atoms with van der Waals surface area (Å²) in [5.41, 5.74) is 7.10. The normalized spacial score (nSPS) is 19.0. The molecule has 4 heteroatoms. The Morgan fingerprint density at radius 3 is 2.82 bits per heavy atom. The van der Waals surface area contributed by atoms with Gasteiger partial charge in [-0.2, -0.15) is 0 Å². The smallest absolute Gasteiger partial charge is 0.133 e. The van der Waals surface area contributed by atoms with Gasteiger partial charge in [-0.3, -0.25) is 0 Å². The molecule has 1 aromatic rings. The molecule has 94 valence electrons. The number of aromatic nitrogens is 1. The Kier molecular flexibility index (Phi) is 3.97. The van der Waals surface area contributed by atoms with Crippen LogP contribution in [0.5, 0.6) is 0 Å². The SMILES string of the molecule is C[C@H](N)c1cccnc1N(C)C1CCOCC1. The lowest BCUT2D eigenvalue weighted by molar-refractivity contribution is 0.0853. The van der Waals surface area contributed by atoms with Gasteiger partial charge in [-0.15, -0.1) is 0 Å². The highest BCUT2D eigenvalue weighted by molar-refractivity contribution is 5.48. The molecule has 1 aromatic heterocycles. The number of hydrogen-bond donors (Lipinski definition) is 1. The Balaban J connectivity index is 2.20. The lowest BCUT2D eigenvalue weighted by Gasteiger charge is -2.33. The Hall–Kier alpha value is -1.13. The Labute approximate surface area is 103 Å². The largest absolute Gasteiger partial charge is 0.381 e. The summed E-state index contributed by atoms with van der Waals surface area (Å²) in [6.07, 6.45) is 3.95.